The third-order valence-corrected chi connectivity index (χ3v) is 4.17. The molecule has 0 bridgehead atoms. The second kappa shape index (κ2) is 5.51. The lowest BCUT2D eigenvalue weighted by atomic mass is 9.90. The van der Waals surface area contributed by atoms with Gasteiger partial charge in [0.1, 0.15) is 11.4 Å². The van der Waals surface area contributed by atoms with Crippen LogP contribution in [0.1, 0.15) is 33.6 Å². The summed E-state index contributed by atoms with van der Waals surface area (Å²) in [4.78, 5) is 2.35. The number of para-hydroxylation sites is 1. The van der Waals surface area contributed by atoms with E-state index in [9.17, 15) is 5.11 Å². The van der Waals surface area contributed by atoms with Crippen molar-refractivity contribution in [2.24, 2.45) is 0 Å². The predicted molar refractivity (Wildman–Crippen MR) is 77.4 cm³/mol. The van der Waals surface area contributed by atoms with Gasteiger partial charge in [0.2, 0.25) is 0 Å². The van der Waals surface area contributed by atoms with E-state index >= 15 is 0 Å². The molecule has 0 amide bonds. The van der Waals surface area contributed by atoms with Crippen molar-refractivity contribution in [3.8, 4) is 5.75 Å². The molecule has 0 radical (unpaired) electrons. The van der Waals surface area contributed by atoms with Crippen molar-refractivity contribution in [3.63, 3.8) is 0 Å². The van der Waals surface area contributed by atoms with Gasteiger partial charge in [-0.25, -0.2) is 0 Å². The summed E-state index contributed by atoms with van der Waals surface area (Å²) in [5.74, 6) is 0.944. The van der Waals surface area contributed by atoms with Gasteiger partial charge in [-0.1, -0.05) is 18.2 Å². The van der Waals surface area contributed by atoms with E-state index < -0.39 is 0 Å². The van der Waals surface area contributed by atoms with Crippen LogP contribution in [0.2, 0.25) is 0 Å². The number of likely N-dealkylation sites (tertiary alicyclic amines) is 1. The van der Waals surface area contributed by atoms with Crippen LogP contribution < -0.4 is 4.74 Å². The van der Waals surface area contributed by atoms with Crippen molar-refractivity contribution in [3.05, 3.63) is 30.3 Å². The Morgan fingerprint density at radius 1 is 1.21 bits per heavy atom. The third kappa shape index (κ3) is 3.48. The van der Waals surface area contributed by atoms with Crippen molar-refractivity contribution >= 4 is 0 Å². The molecule has 0 atom stereocenters. The number of ether oxygens (including phenoxy) is 1. The molecule has 1 aliphatic rings. The van der Waals surface area contributed by atoms with Gasteiger partial charge >= 0.3 is 0 Å². The minimum absolute atomic E-state index is 0.0939. The van der Waals surface area contributed by atoms with Crippen molar-refractivity contribution in [2.45, 2.75) is 44.8 Å². The zero-order valence-corrected chi connectivity index (χ0v) is 12.2. The average molecular weight is 263 g/mol. The van der Waals surface area contributed by atoms with Gasteiger partial charge in [0.05, 0.1) is 6.61 Å². The van der Waals surface area contributed by atoms with Crippen LogP contribution in [0, 0.1) is 0 Å². The Morgan fingerprint density at radius 2 is 1.79 bits per heavy atom. The summed E-state index contributed by atoms with van der Waals surface area (Å²) in [6.45, 7) is 8.50. The van der Waals surface area contributed by atoms with Crippen molar-refractivity contribution in [2.75, 3.05) is 19.7 Å². The summed E-state index contributed by atoms with van der Waals surface area (Å²) in [6.07, 6.45) is 1.98. The molecular weight excluding hydrogens is 238 g/mol. The zero-order valence-electron chi connectivity index (χ0n) is 12.2. The Labute approximate surface area is 116 Å². The molecule has 3 heteroatoms. The number of nitrogens with zero attached hydrogens (tertiary/aromatic N) is 1. The summed E-state index contributed by atoms with van der Waals surface area (Å²) in [7, 11) is 0. The number of aliphatic hydroxyl groups excluding tert-OH is 1. The van der Waals surface area contributed by atoms with E-state index in [1.54, 1.807) is 0 Å². The summed E-state index contributed by atoms with van der Waals surface area (Å²) in [5.41, 5.74) is -0.225. The molecule has 1 heterocycles. The second-order valence-corrected chi connectivity index (χ2v) is 6.32. The van der Waals surface area contributed by atoms with Gasteiger partial charge in [-0.2, -0.15) is 0 Å². The molecule has 0 unspecified atom stereocenters. The van der Waals surface area contributed by atoms with Gasteiger partial charge in [0.15, 0.2) is 0 Å². The number of rotatable bonds is 4. The molecule has 0 aliphatic carbocycles. The van der Waals surface area contributed by atoms with E-state index in [2.05, 4.69) is 25.7 Å². The van der Waals surface area contributed by atoms with Crippen LogP contribution in [0.5, 0.6) is 5.75 Å². The highest BCUT2D eigenvalue weighted by Crippen LogP contribution is 2.31. The molecule has 1 N–H and O–H groups in total. The van der Waals surface area contributed by atoms with Gasteiger partial charge < -0.3 is 9.84 Å². The summed E-state index contributed by atoms with van der Waals surface area (Å²) in [6, 6.07) is 10.0. The molecule has 1 saturated heterocycles. The van der Waals surface area contributed by atoms with Gasteiger partial charge in [0, 0.05) is 18.6 Å². The van der Waals surface area contributed by atoms with Gasteiger partial charge in [-0.3, -0.25) is 4.90 Å². The minimum atomic E-state index is -0.131. The molecule has 0 spiro atoms. The fourth-order valence-electron chi connectivity index (χ4n) is 2.56. The smallest absolute Gasteiger partial charge is 0.120 e. The lowest BCUT2D eigenvalue weighted by Crippen LogP contribution is -2.54. The Morgan fingerprint density at radius 3 is 2.32 bits per heavy atom. The van der Waals surface area contributed by atoms with E-state index in [1.807, 2.05) is 30.3 Å². The standard InChI is InChI=1S/C16H25NO2/c1-15(2,13-18)17-11-9-16(3,10-12-17)19-14-7-5-4-6-8-14/h4-8,18H,9-13H2,1-3H3. The summed E-state index contributed by atoms with van der Waals surface area (Å²) >= 11 is 0. The maximum atomic E-state index is 9.44. The van der Waals surface area contributed by atoms with Gasteiger partial charge in [-0.05, 0) is 45.7 Å². The number of hydrogen-bond donors (Lipinski definition) is 1. The fraction of sp³-hybridized carbons (Fsp3) is 0.625. The monoisotopic (exact) mass is 263 g/mol. The lowest BCUT2D eigenvalue weighted by Gasteiger charge is -2.45. The Kier molecular flexibility index (Phi) is 4.16. The third-order valence-electron chi connectivity index (χ3n) is 4.17. The largest absolute Gasteiger partial charge is 0.487 e. The maximum absolute atomic E-state index is 9.44. The fourth-order valence-corrected chi connectivity index (χ4v) is 2.56. The van der Waals surface area contributed by atoms with Crippen molar-refractivity contribution in [1.29, 1.82) is 0 Å². The number of hydrogen-bond acceptors (Lipinski definition) is 3. The summed E-state index contributed by atoms with van der Waals surface area (Å²) < 4.78 is 6.15. The molecule has 1 aromatic rings. The maximum Gasteiger partial charge on any atom is 0.120 e. The highest BCUT2D eigenvalue weighted by molar-refractivity contribution is 5.22. The minimum Gasteiger partial charge on any atom is -0.487 e. The molecule has 19 heavy (non-hydrogen) atoms. The Hall–Kier alpha value is -1.06. The van der Waals surface area contributed by atoms with Crippen LogP contribution in [0.15, 0.2) is 30.3 Å². The van der Waals surface area contributed by atoms with E-state index in [0.717, 1.165) is 31.7 Å². The molecule has 0 aromatic heterocycles. The number of aliphatic hydroxyl groups is 1. The first-order valence-corrected chi connectivity index (χ1v) is 7.05. The first kappa shape index (κ1) is 14.4. The summed E-state index contributed by atoms with van der Waals surface area (Å²) in [5, 5.41) is 9.44. The Bertz CT molecular complexity index is 394. The van der Waals surface area contributed by atoms with Crippen LogP contribution in [0.4, 0.5) is 0 Å². The molecule has 1 aromatic carbocycles. The Balaban J connectivity index is 1.95. The highest BCUT2D eigenvalue weighted by Gasteiger charge is 2.36. The van der Waals surface area contributed by atoms with Crippen LogP contribution in [0.3, 0.4) is 0 Å². The molecular formula is C16H25NO2. The van der Waals surface area contributed by atoms with Gasteiger partial charge in [0.25, 0.3) is 0 Å². The normalized spacial score (nSPS) is 20.2. The lowest BCUT2D eigenvalue weighted by molar-refractivity contribution is -0.0304. The van der Waals surface area contributed by atoms with Crippen molar-refractivity contribution in [1.82, 2.24) is 4.90 Å². The average Bonchev–Trinajstić information content (AvgIpc) is 2.40. The van der Waals surface area contributed by atoms with Crippen molar-refractivity contribution < 1.29 is 9.84 Å². The molecule has 106 valence electrons. The predicted octanol–water partition coefficient (Wildman–Crippen LogP) is 2.69. The first-order chi connectivity index (χ1) is 8.95. The van der Waals surface area contributed by atoms with E-state index in [1.165, 1.54) is 0 Å². The number of benzene rings is 1. The molecule has 2 rings (SSSR count). The molecule has 3 nitrogen and oxygen atoms in total. The quantitative estimate of drug-likeness (QED) is 0.906. The molecule has 0 saturated carbocycles. The van der Waals surface area contributed by atoms with E-state index in [4.69, 9.17) is 4.74 Å². The van der Waals surface area contributed by atoms with Crippen LogP contribution in [-0.2, 0) is 0 Å². The topological polar surface area (TPSA) is 32.7 Å². The highest BCUT2D eigenvalue weighted by atomic mass is 16.5. The van der Waals surface area contributed by atoms with Crippen LogP contribution in [0.25, 0.3) is 0 Å². The number of piperidine rings is 1. The first-order valence-electron chi connectivity index (χ1n) is 7.05. The molecule has 1 fully saturated rings. The van der Waals surface area contributed by atoms with Crippen LogP contribution in [-0.4, -0.2) is 40.8 Å². The van der Waals surface area contributed by atoms with E-state index in [-0.39, 0.29) is 17.7 Å². The van der Waals surface area contributed by atoms with Crippen LogP contribution >= 0.6 is 0 Å². The zero-order chi connectivity index (χ0) is 13.9. The van der Waals surface area contributed by atoms with E-state index in [0.29, 0.717) is 0 Å². The molecule has 1 aliphatic heterocycles. The second-order valence-electron chi connectivity index (χ2n) is 6.32. The SMILES string of the molecule is CC1(Oc2ccccc2)CCN(C(C)(C)CO)CC1. The van der Waals surface area contributed by atoms with Gasteiger partial charge in [-0.15, -0.1) is 0 Å².